The monoisotopic (exact) mass is 933 g/mol. The maximum atomic E-state index is 13.1. The van der Waals surface area contributed by atoms with Gasteiger partial charge in [-0.05, 0) is 52.6 Å². The molecule has 326 valence electrons. The summed E-state index contributed by atoms with van der Waals surface area (Å²) >= 11 is 0. The SMILES string of the molecule is CN1CCn2cc(C3C(=O)CC(=O)C3c3c[nH]c4ccccc34)c3cccc(c32)C1.CO.O=C1CC(=O)C(c2cn3c4c(cccc24)CNCC3)C1c1c[nH]c2ccccc12.[CH3-].[Pd]. The third kappa shape index (κ3) is 7.34. The molecule has 6 heterocycles. The van der Waals surface area contributed by atoms with Crippen molar-refractivity contribution < 1.29 is 44.7 Å². The van der Waals surface area contributed by atoms with Crippen LogP contribution in [0.15, 0.2) is 110 Å². The topological polar surface area (TPSA) is 145 Å². The fourth-order valence-corrected chi connectivity index (χ4v) is 10.8. The molecule has 0 amide bonds. The quantitative estimate of drug-likeness (QED) is 0.0806. The molecule has 12 rings (SSSR count). The molecule has 2 aliphatic heterocycles. The van der Waals surface area contributed by atoms with Gasteiger partial charge >= 0.3 is 0 Å². The van der Waals surface area contributed by atoms with Gasteiger partial charge in [0.15, 0.2) is 0 Å². The average Bonchev–Trinajstić information content (AvgIpc) is 4.10. The summed E-state index contributed by atoms with van der Waals surface area (Å²) in [6.45, 7) is 5.31. The first-order chi connectivity index (χ1) is 29.8. The summed E-state index contributed by atoms with van der Waals surface area (Å²) in [5.74, 6) is -1.58. The van der Waals surface area contributed by atoms with E-state index < -0.39 is 23.7 Å². The second-order valence-corrected chi connectivity index (χ2v) is 16.8. The Morgan fingerprint density at radius 2 is 0.984 bits per heavy atom. The molecule has 8 aromatic rings. The van der Waals surface area contributed by atoms with Crippen LogP contribution < -0.4 is 5.32 Å². The number of aliphatic hydroxyl groups excluding tert-OH is 1. The van der Waals surface area contributed by atoms with Gasteiger partial charge in [0.25, 0.3) is 0 Å². The van der Waals surface area contributed by atoms with Crippen molar-refractivity contribution in [2.45, 2.75) is 62.7 Å². The number of ketones is 4. The van der Waals surface area contributed by atoms with Crippen LogP contribution in [0.2, 0.25) is 0 Å². The molecule has 63 heavy (non-hydrogen) atoms. The number of para-hydroxylation sites is 4. The normalized spacial score (nSPS) is 20.8. The number of Topliss-reactive ketones (excluding diaryl/α,β-unsaturated/α-hetero) is 4. The summed E-state index contributed by atoms with van der Waals surface area (Å²) in [6, 6.07) is 28.6. The van der Waals surface area contributed by atoms with Crippen LogP contribution in [0.1, 0.15) is 69.9 Å². The predicted octanol–water partition coefficient (Wildman–Crippen LogP) is 7.67. The average molecular weight is 934 g/mol. The molecule has 4 unspecified atom stereocenters. The number of fused-ring (bicyclic) bond motifs is 2. The first kappa shape index (κ1) is 43.9. The van der Waals surface area contributed by atoms with Gasteiger partial charge in [-0.1, -0.05) is 72.8 Å². The van der Waals surface area contributed by atoms with Crippen LogP contribution in [0.25, 0.3) is 43.6 Å². The molecule has 11 nitrogen and oxygen atoms in total. The summed E-state index contributed by atoms with van der Waals surface area (Å²) in [7, 11) is 3.14. The number of aliphatic hydroxyl groups is 1. The molecular formula is C51H51N6O5Pd-. The van der Waals surface area contributed by atoms with Crippen LogP contribution in [-0.2, 0) is 65.8 Å². The number of hydrogen-bond acceptors (Lipinski definition) is 7. The third-order valence-corrected chi connectivity index (χ3v) is 13.4. The van der Waals surface area contributed by atoms with E-state index in [2.05, 4.69) is 85.2 Å². The summed E-state index contributed by atoms with van der Waals surface area (Å²) in [5, 5.41) is 14.7. The molecule has 2 saturated carbocycles. The predicted molar refractivity (Wildman–Crippen MR) is 243 cm³/mol. The number of aromatic amines is 2. The summed E-state index contributed by atoms with van der Waals surface area (Å²) in [4.78, 5) is 61.2. The maximum absolute atomic E-state index is 13.1. The third-order valence-electron chi connectivity index (χ3n) is 13.4. The Morgan fingerprint density at radius 3 is 1.52 bits per heavy atom. The summed E-state index contributed by atoms with van der Waals surface area (Å²) < 4.78 is 4.54. The Kier molecular flexibility index (Phi) is 12.4. The molecule has 0 bridgehead atoms. The van der Waals surface area contributed by atoms with E-state index in [1.807, 2.05) is 60.9 Å². The van der Waals surface area contributed by atoms with Gasteiger partial charge < -0.3 is 41.9 Å². The van der Waals surface area contributed by atoms with E-state index in [1.54, 1.807) is 0 Å². The van der Waals surface area contributed by atoms with Gasteiger partial charge in [0, 0.05) is 124 Å². The van der Waals surface area contributed by atoms with E-state index in [0.717, 1.165) is 101 Å². The number of benzene rings is 4. The van der Waals surface area contributed by atoms with E-state index in [1.165, 1.54) is 22.2 Å². The smallest absolute Gasteiger partial charge is 0.148 e. The number of nitrogens with zero attached hydrogens (tertiary/aromatic N) is 3. The Morgan fingerprint density at radius 1 is 0.540 bits per heavy atom. The van der Waals surface area contributed by atoms with Crippen LogP contribution in [0.3, 0.4) is 0 Å². The molecule has 2 fully saturated rings. The number of likely N-dealkylation sites (N-methyl/N-ethyl adjacent to an activating group) is 1. The molecule has 0 saturated heterocycles. The van der Waals surface area contributed by atoms with E-state index in [0.29, 0.717) is 0 Å². The van der Waals surface area contributed by atoms with Gasteiger partial charge in [0.1, 0.15) is 23.1 Å². The minimum absolute atomic E-state index is 0. The second-order valence-electron chi connectivity index (χ2n) is 16.8. The van der Waals surface area contributed by atoms with Gasteiger partial charge in [-0.15, -0.1) is 0 Å². The largest absolute Gasteiger partial charge is 0.400 e. The molecule has 0 spiro atoms. The van der Waals surface area contributed by atoms with Crippen molar-refractivity contribution in [2.75, 3.05) is 27.2 Å². The minimum Gasteiger partial charge on any atom is -0.400 e. The van der Waals surface area contributed by atoms with Crippen molar-refractivity contribution in [3.8, 4) is 0 Å². The van der Waals surface area contributed by atoms with Crippen molar-refractivity contribution in [1.29, 1.82) is 0 Å². The number of hydrogen-bond donors (Lipinski definition) is 4. The molecule has 12 heteroatoms. The standard InChI is InChI=1S/C25H23N3O2.C24H21N3O2.CH4O.CH3.Pd/c1-27-9-10-28-14-19(17-7-4-5-15(13-27)25(17)28)24-22(30)11-21(29)23(24)18-12-26-20-8-3-2-6-16(18)20;28-20-10-21(29)23(22(20)17-12-26-19-7-2-1-5-15(17)19)18-13-27-9-8-25-11-14-4-3-6-16(18)24(14)27;1-2;;/h2-8,12,14,23-24,26H,9-11,13H2,1H3;1-7,12-13,22-23,25-26H,8-11H2;2H,1H3;1H3;/q;;;-1;. The zero-order chi connectivity index (χ0) is 41.9. The maximum Gasteiger partial charge on any atom is 0.148 e. The van der Waals surface area contributed by atoms with E-state index in [9.17, 15) is 19.2 Å². The fraction of sp³-hybridized carbons (Fsp3) is 0.275. The number of carbonyl (C=O) groups excluding carboxylic acids is 4. The van der Waals surface area contributed by atoms with Crippen molar-refractivity contribution in [2.24, 2.45) is 0 Å². The summed E-state index contributed by atoms with van der Waals surface area (Å²) in [5.41, 5.74) is 10.8. The Bertz CT molecular complexity index is 3040. The number of aromatic nitrogens is 4. The van der Waals surface area contributed by atoms with Crippen LogP contribution >= 0.6 is 0 Å². The van der Waals surface area contributed by atoms with Crippen LogP contribution in [0.4, 0.5) is 0 Å². The molecule has 4 aliphatic rings. The number of rotatable bonds is 4. The molecule has 4 aromatic carbocycles. The van der Waals surface area contributed by atoms with Crippen LogP contribution in [0.5, 0.6) is 0 Å². The first-order valence-electron chi connectivity index (χ1n) is 21.1. The Hall–Kier alpha value is -5.74. The molecular weight excluding hydrogens is 883 g/mol. The van der Waals surface area contributed by atoms with Gasteiger partial charge in [0.2, 0.25) is 0 Å². The summed E-state index contributed by atoms with van der Waals surface area (Å²) in [6.07, 6.45) is 8.12. The first-order valence-corrected chi connectivity index (χ1v) is 21.1. The molecule has 4 N–H and O–H groups in total. The Labute approximate surface area is 379 Å². The van der Waals surface area contributed by atoms with Crippen LogP contribution in [0, 0.1) is 7.43 Å². The molecule has 0 radical (unpaired) electrons. The number of H-pyrrole nitrogens is 2. The minimum atomic E-state index is -0.429. The number of carbonyl (C=O) groups is 4. The van der Waals surface area contributed by atoms with Crippen molar-refractivity contribution in [3.63, 3.8) is 0 Å². The number of nitrogens with one attached hydrogen (secondary N) is 3. The van der Waals surface area contributed by atoms with Crippen LogP contribution in [-0.4, -0.2) is 79.5 Å². The molecule has 2 aliphatic carbocycles. The van der Waals surface area contributed by atoms with Gasteiger partial charge in [-0.2, -0.15) is 0 Å². The van der Waals surface area contributed by atoms with Gasteiger partial charge in [-0.3, -0.25) is 19.2 Å². The van der Waals surface area contributed by atoms with E-state index in [4.69, 9.17) is 5.11 Å². The zero-order valence-electron chi connectivity index (χ0n) is 35.6. The Balaban J connectivity index is 0.000000162. The van der Waals surface area contributed by atoms with E-state index in [-0.39, 0.29) is 63.8 Å². The van der Waals surface area contributed by atoms with E-state index >= 15 is 0 Å². The second kappa shape index (κ2) is 17.8. The van der Waals surface area contributed by atoms with Gasteiger partial charge in [-0.25, -0.2) is 0 Å². The zero-order valence-corrected chi connectivity index (χ0v) is 37.2. The molecule has 4 aromatic heterocycles. The molecule has 4 atom stereocenters. The van der Waals surface area contributed by atoms with Crippen molar-refractivity contribution in [3.05, 3.63) is 151 Å². The van der Waals surface area contributed by atoms with Gasteiger partial charge in [0.05, 0.1) is 47.5 Å². The fourth-order valence-electron chi connectivity index (χ4n) is 10.8. The van der Waals surface area contributed by atoms with Crippen molar-refractivity contribution >= 4 is 66.7 Å². The van der Waals surface area contributed by atoms with Crippen molar-refractivity contribution in [1.82, 2.24) is 29.3 Å².